The number of hydrogen-bond acceptors (Lipinski definition) is 4. The number of halogens is 1. The summed E-state index contributed by atoms with van der Waals surface area (Å²) in [5, 5.41) is 11.9. The van der Waals surface area contributed by atoms with Crippen molar-refractivity contribution in [1.29, 1.82) is 5.26 Å². The molecule has 3 aromatic rings. The zero-order valence-electron chi connectivity index (χ0n) is 15.5. The van der Waals surface area contributed by atoms with Gasteiger partial charge in [0, 0.05) is 27.9 Å². The molecule has 3 aromatic carbocycles. The van der Waals surface area contributed by atoms with Crippen LogP contribution in [0.5, 0.6) is 0 Å². The average molecular weight is 396 g/mol. The van der Waals surface area contributed by atoms with Crippen molar-refractivity contribution in [2.45, 2.75) is 0 Å². The van der Waals surface area contributed by atoms with Crippen LogP contribution < -0.4 is 5.32 Å². The fraction of sp³-hybridized carbons (Fsp3) is 0. The number of nitriles is 1. The van der Waals surface area contributed by atoms with Crippen LogP contribution in [-0.2, 0) is 4.79 Å². The van der Waals surface area contributed by atoms with Gasteiger partial charge in [-0.25, -0.2) is 4.39 Å². The molecule has 1 N–H and O–H groups in total. The van der Waals surface area contributed by atoms with Gasteiger partial charge < -0.3 is 5.32 Å². The second-order valence-corrected chi connectivity index (χ2v) is 6.64. The van der Waals surface area contributed by atoms with Crippen LogP contribution in [0.1, 0.15) is 37.4 Å². The first-order valence-electron chi connectivity index (χ1n) is 8.99. The minimum Gasteiger partial charge on any atom is -0.321 e. The first-order chi connectivity index (χ1) is 14.5. The lowest BCUT2D eigenvalue weighted by Gasteiger charge is -2.18. The number of fused-ring (bicyclic) bond motifs is 2. The lowest BCUT2D eigenvalue weighted by molar-refractivity contribution is -0.112. The Morgan fingerprint density at radius 1 is 0.867 bits per heavy atom. The zero-order chi connectivity index (χ0) is 21.3. The molecule has 144 valence electrons. The number of hydrogen-bond donors (Lipinski definition) is 1. The van der Waals surface area contributed by atoms with Gasteiger partial charge in [0.15, 0.2) is 11.6 Å². The number of ketones is 2. The minimum atomic E-state index is -0.684. The van der Waals surface area contributed by atoms with E-state index in [-0.39, 0.29) is 34.0 Å². The molecule has 30 heavy (non-hydrogen) atoms. The quantitative estimate of drug-likeness (QED) is 0.416. The van der Waals surface area contributed by atoms with Crippen molar-refractivity contribution >= 4 is 29.2 Å². The van der Waals surface area contributed by atoms with Gasteiger partial charge in [0.25, 0.3) is 5.91 Å². The summed E-state index contributed by atoms with van der Waals surface area (Å²) in [4.78, 5) is 37.9. The molecule has 0 atom stereocenters. The van der Waals surface area contributed by atoms with Gasteiger partial charge in [-0.05, 0) is 42.0 Å². The Morgan fingerprint density at radius 2 is 1.47 bits per heavy atom. The Kier molecular flexibility index (Phi) is 4.78. The topological polar surface area (TPSA) is 87.0 Å². The number of carbonyl (C=O) groups is 3. The molecular weight excluding hydrogens is 383 g/mol. The standard InChI is InChI=1S/C24H13FN2O3/c25-16-7-5-14(6-8-16)11-15(13-26)24(30)27-17-9-10-20-21(12-17)23(29)19-4-2-1-3-18(19)22(20)28/h1-12H,(H,27,30)/b15-11+. The molecule has 0 saturated carbocycles. The summed E-state index contributed by atoms with van der Waals surface area (Å²) in [6.45, 7) is 0. The Labute approximate surface area is 171 Å². The molecule has 5 nitrogen and oxygen atoms in total. The smallest absolute Gasteiger partial charge is 0.266 e. The van der Waals surface area contributed by atoms with Crippen molar-refractivity contribution in [3.63, 3.8) is 0 Å². The predicted molar refractivity (Wildman–Crippen MR) is 108 cm³/mol. The fourth-order valence-corrected chi connectivity index (χ4v) is 3.25. The SMILES string of the molecule is N#C/C(=C\c1ccc(F)cc1)C(=O)Nc1ccc2c(c1)C(=O)c1ccccc1C2=O. The molecule has 6 heteroatoms. The van der Waals surface area contributed by atoms with Crippen molar-refractivity contribution in [2.75, 3.05) is 5.32 Å². The third-order valence-electron chi connectivity index (χ3n) is 4.73. The second-order valence-electron chi connectivity index (χ2n) is 6.64. The number of rotatable bonds is 3. The molecule has 0 radical (unpaired) electrons. The van der Waals surface area contributed by atoms with Gasteiger partial charge in [0.05, 0.1) is 0 Å². The highest BCUT2D eigenvalue weighted by molar-refractivity contribution is 6.28. The number of amides is 1. The number of nitrogens with zero attached hydrogens (tertiary/aromatic N) is 1. The third kappa shape index (κ3) is 3.40. The van der Waals surface area contributed by atoms with E-state index < -0.39 is 11.7 Å². The van der Waals surface area contributed by atoms with E-state index >= 15 is 0 Å². The molecule has 0 heterocycles. The van der Waals surface area contributed by atoms with E-state index in [0.717, 1.165) is 0 Å². The van der Waals surface area contributed by atoms with E-state index in [9.17, 15) is 24.0 Å². The molecule has 1 aliphatic rings. The summed E-state index contributed by atoms with van der Waals surface area (Å²) < 4.78 is 13.0. The first kappa shape index (κ1) is 19.0. The Balaban J connectivity index is 1.62. The maximum atomic E-state index is 13.0. The van der Waals surface area contributed by atoms with E-state index in [1.165, 1.54) is 48.5 Å². The van der Waals surface area contributed by atoms with Crippen LogP contribution in [0.2, 0.25) is 0 Å². The molecule has 0 fully saturated rings. The minimum absolute atomic E-state index is 0.188. The largest absolute Gasteiger partial charge is 0.321 e. The van der Waals surface area contributed by atoms with Gasteiger partial charge >= 0.3 is 0 Å². The summed E-state index contributed by atoms with van der Waals surface area (Å²) >= 11 is 0. The molecule has 0 spiro atoms. The second kappa shape index (κ2) is 7.57. The molecule has 4 rings (SSSR count). The van der Waals surface area contributed by atoms with Crippen molar-refractivity contribution in [3.05, 3.63) is 106 Å². The van der Waals surface area contributed by atoms with Crippen molar-refractivity contribution in [2.24, 2.45) is 0 Å². The van der Waals surface area contributed by atoms with Crippen LogP contribution in [-0.4, -0.2) is 17.5 Å². The van der Waals surface area contributed by atoms with E-state index in [0.29, 0.717) is 16.7 Å². The van der Waals surface area contributed by atoms with Crippen LogP contribution in [0.15, 0.2) is 72.3 Å². The predicted octanol–water partition coefficient (Wildman–Crippen LogP) is 4.15. The van der Waals surface area contributed by atoms with Gasteiger partial charge in [0.2, 0.25) is 0 Å². The monoisotopic (exact) mass is 396 g/mol. The van der Waals surface area contributed by atoms with Crippen LogP contribution in [0.3, 0.4) is 0 Å². The summed E-state index contributed by atoms with van der Waals surface area (Å²) in [6.07, 6.45) is 1.33. The molecule has 0 aromatic heterocycles. The molecule has 0 unspecified atom stereocenters. The molecule has 0 aliphatic heterocycles. The van der Waals surface area contributed by atoms with E-state index in [4.69, 9.17) is 0 Å². The highest BCUT2D eigenvalue weighted by atomic mass is 19.1. The zero-order valence-corrected chi connectivity index (χ0v) is 15.5. The summed E-state index contributed by atoms with van der Waals surface area (Å²) in [5.41, 5.74) is 1.70. The van der Waals surface area contributed by atoms with Gasteiger partial charge in [-0.1, -0.05) is 36.4 Å². The Bertz CT molecular complexity index is 1280. The number of benzene rings is 3. The van der Waals surface area contributed by atoms with Crippen LogP contribution in [0.4, 0.5) is 10.1 Å². The van der Waals surface area contributed by atoms with Gasteiger partial charge in [-0.15, -0.1) is 0 Å². The first-order valence-corrected chi connectivity index (χ1v) is 8.99. The molecule has 1 aliphatic carbocycles. The van der Waals surface area contributed by atoms with Crippen molar-refractivity contribution < 1.29 is 18.8 Å². The Morgan fingerprint density at radius 3 is 2.10 bits per heavy atom. The normalized spacial score (nSPS) is 12.6. The summed E-state index contributed by atoms with van der Waals surface area (Å²) in [6, 6.07) is 18.1. The molecular formula is C24H13FN2O3. The van der Waals surface area contributed by atoms with Gasteiger partial charge in [0.1, 0.15) is 17.5 Å². The average Bonchev–Trinajstić information content (AvgIpc) is 2.77. The third-order valence-corrected chi connectivity index (χ3v) is 4.73. The lowest BCUT2D eigenvalue weighted by Crippen LogP contribution is -2.21. The number of carbonyl (C=O) groups excluding carboxylic acids is 3. The maximum Gasteiger partial charge on any atom is 0.266 e. The highest BCUT2D eigenvalue weighted by Gasteiger charge is 2.29. The summed E-state index contributed by atoms with van der Waals surface area (Å²) in [7, 11) is 0. The highest BCUT2D eigenvalue weighted by Crippen LogP contribution is 2.29. The van der Waals surface area contributed by atoms with Crippen LogP contribution >= 0.6 is 0 Å². The van der Waals surface area contributed by atoms with Crippen molar-refractivity contribution in [1.82, 2.24) is 0 Å². The molecule has 0 saturated heterocycles. The number of anilines is 1. The maximum absolute atomic E-state index is 13.0. The van der Waals surface area contributed by atoms with Crippen molar-refractivity contribution in [3.8, 4) is 6.07 Å². The molecule has 0 bridgehead atoms. The molecule has 1 amide bonds. The summed E-state index contributed by atoms with van der Waals surface area (Å²) in [5.74, 6) is -1.67. The van der Waals surface area contributed by atoms with Gasteiger partial charge in [-0.3, -0.25) is 14.4 Å². The van der Waals surface area contributed by atoms with Crippen LogP contribution in [0, 0.1) is 17.1 Å². The Hall–Kier alpha value is -4.37. The van der Waals surface area contributed by atoms with Crippen LogP contribution in [0.25, 0.3) is 6.08 Å². The van der Waals surface area contributed by atoms with E-state index in [2.05, 4.69) is 5.32 Å². The fourth-order valence-electron chi connectivity index (χ4n) is 3.25. The number of nitrogens with one attached hydrogen (secondary N) is 1. The van der Waals surface area contributed by atoms with Gasteiger partial charge in [-0.2, -0.15) is 5.26 Å². The van der Waals surface area contributed by atoms with E-state index in [1.54, 1.807) is 24.3 Å². The lowest BCUT2D eigenvalue weighted by atomic mass is 9.84. The van der Waals surface area contributed by atoms with E-state index in [1.807, 2.05) is 6.07 Å².